The molecule has 2 rings (SSSR count). The van der Waals surface area contributed by atoms with E-state index in [0.29, 0.717) is 16.3 Å². The van der Waals surface area contributed by atoms with E-state index in [4.69, 9.17) is 16.3 Å². The van der Waals surface area contributed by atoms with Gasteiger partial charge in [-0.2, -0.15) is 5.26 Å². The fourth-order valence-electron chi connectivity index (χ4n) is 1.98. The first-order chi connectivity index (χ1) is 11.3. The summed E-state index contributed by atoms with van der Waals surface area (Å²) >= 11 is 5.77. The number of hydrogen-bond acceptors (Lipinski definition) is 4. The number of ether oxygens (including phenoxy) is 1. The molecule has 2 aromatic carbocycles. The van der Waals surface area contributed by atoms with Gasteiger partial charge in [0.25, 0.3) is 0 Å². The Balaban J connectivity index is 2.35. The molecule has 124 valence electrons. The Bertz CT molecular complexity index is 877. The van der Waals surface area contributed by atoms with Crippen molar-refractivity contribution in [3.8, 4) is 11.8 Å². The van der Waals surface area contributed by atoms with E-state index in [2.05, 4.69) is 0 Å². The summed E-state index contributed by atoms with van der Waals surface area (Å²) in [6.07, 6.45) is 1.38. The van der Waals surface area contributed by atoms with E-state index in [9.17, 15) is 13.7 Å². The van der Waals surface area contributed by atoms with E-state index in [1.807, 2.05) is 13.8 Å². The molecule has 0 atom stereocenters. The molecule has 0 amide bonds. The average molecular weight is 362 g/mol. The average Bonchev–Trinajstić information content (AvgIpc) is 2.54. The van der Waals surface area contributed by atoms with Gasteiger partial charge in [0.2, 0.25) is 9.84 Å². The van der Waals surface area contributed by atoms with Gasteiger partial charge in [0.05, 0.1) is 11.0 Å². The lowest BCUT2D eigenvalue weighted by Gasteiger charge is -2.09. The van der Waals surface area contributed by atoms with Crippen LogP contribution in [-0.2, 0) is 9.84 Å². The van der Waals surface area contributed by atoms with Gasteiger partial charge in [-0.15, -0.1) is 0 Å². The minimum absolute atomic E-state index is 0.0273. The molecule has 0 aromatic heterocycles. The van der Waals surface area contributed by atoms with Crippen LogP contribution in [0.5, 0.6) is 5.75 Å². The molecule has 0 spiro atoms. The quantitative estimate of drug-likeness (QED) is 0.737. The van der Waals surface area contributed by atoms with Crippen molar-refractivity contribution in [2.75, 3.05) is 0 Å². The zero-order chi connectivity index (χ0) is 17.7. The molecule has 0 heterocycles. The predicted octanol–water partition coefficient (Wildman–Crippen LogP) is 4.47. The summed E-state index contributed by atoms with van der Waals surface area (Å²) in [4.78, 5) is -0.304. The maximum absolute atomic E-state index is 12.5. The fraction of sp³-hybridized carbons (Fsp3) is 0.167. The second-order valence-electron chi connectivity index (χ2n) is 5.31. The lowest BCUT2D eigenvalue weighted by atomic mass is 10.2. The van der Waals surface area contributed by atoms with E-state index >= 15 is 0 Å². The summed E-state index contributed by atoms with van der Waals surface area (Å²) in [5.74, 6) is 0.682. The van der Waals surface area contributed by atoms with Crippen LogP contribution in [0.1, 0.15) is 19.4 Å². The van der Waals surface area contributed by atoms with Crippen LogP contribution in [0.3, 0.4) is 0 Å². The van der Waals surface area contributed by atoms with Gasteiger partial charge in [-0.25, -0.2) is 8.42 Å². The summed E-state index contributed by atoms with van der Waals surface area (Å²) in [6, 6.07) is 14.3. The highest BCUT2D eigenvalue weighted by molar-refractivity contribution is 7.95. The highest BCUT2D eigenvalue weighted by Crippen LogP contribution is 2.23. The molecule has 0 unspecified atom stereocenters. The number of benzene rings is 2. The molecule has 6 heteroatoms. The van der Waals surface area contributed by atoms with Gasteiger partial charge >= 0.3 is 0 Å². The summed E-state index contributed by atoms with van der Waals surface area (Å²) in [6.45, 7) is 3.83. The Morgan fingerprint density at radius 3 is 2.21 bits per heavy atom. The highest BCUT2D eigenvalue weighted by Gasteiger charge is 2.20. The van der Waals surface area contributed by atoms with Crippen LogP contribution in [0, 0.1) is 11.3 Å². The van der Waals surface area contributed by atoms with Gasteiger partial charge in [0, 0.05) is 5.02 Å². The fourth-order valence-corrected chi connectivity index (χ4v) is 3.26. The van der Waals surface area contributed by atoms with Crippen molar-refractivity contribution < 1.29 is 13.2 Å². The molecule has 0 bridgehead atoms. The molecule has 0 aliphatic rings. The Kier molecular flexibility index (Phi) is 5.66. The molecular weight excluding hydrogens is 346 g/mol. The van der Waals surface area contributed by atoms with Crippen LogP contribution < -0.4 is 4.74 Å². The molecule has 0 aliphatic heterocycles. The van der Waals surface area contributed by atoms with E-state index in [1.165, 1.54) is 30.3 Å². The number of allylic oxidation sites excluding steroid dienone is 1. The number of nitrogens with zero attached hydrogens (tertiary/aromatic N) is 1. The number of nitriles is 1. The maximum atomic E-state index is 12.5. The molecule has 0 fully saturated rings. The standard InChI is InChI=1S/C18H16ClNO3S/c1-13(2)23-16-7-3-14(4-8-16)11-18(12-20)24(21,22)17-9-5-15(19)6-10-17/h3-11,13H,1-2H3/b18-11-. The van der Waals surface area contributed by atoms with Gasteiger partial charge < -0.3 is 4.74 Å². The first-order valence-corrected chi connectivity index (χ1v) is 9.08. The number of hydrogen-bond donors (Lipinski definition) is 0. The highest BCUT2D eigenvalue weighted by atomic mass is 35.5. The molecule has 4 nitrogen and oxygen atoms in total. The summed E-state index contributed by atoms with van der Waals surface area (Å²) in [7, 11) is -3.89. The van der Waals surface area contributed by atoms with E-state index in [-0.39, 0.29) is 15.9 Å². The monoisotopic (exact) mass is 361 g/mol. The number of halogens is 1. The smallest absolute Gasteiger partial charge is 0.216 e. The first-order valence-electron chi connectivity index (χ1n) is 7.22. The van der Waals surface area contributed by atoms with Crippen molar-refractivity contribution in [2.24, 2.45) is 0 Å². The van der Waals surface area contributed by atoms with Gasteiger partial charge in [-0.1, -0.05) is 23.7 Å². The van der Waals surface area contributed by atoms with Crippen molar-refractivity contribution in [3.63, 3.8) is 0 Å². The second kappa shape index (κ2) is 7.52. The van der Waals surface area contributed by atoms with Gasteiger partial charge in [0.1, 0.15) is 16.7 Å². The van der Waals surface area contributed by atoms with Crippen molar-refractivity contribution >= 4 is 27.5 Å². The van der Waals surface area contributed by atoms with Crippen LogP contribution in [0.15, 0.2) is 58.3 Å². The van der Waals surface area contributed by atoms with Crippen LogP contribution in [0.25, 0.3) is 6.08 Å². The summed E-state index contributed by atoms with van der Waals surface area (Å²) in [5.41, 5.74) is 0.597. The van der Waals surface area contributed by atoms with Crippen LogP contribution in [0.2, 0.25) is 5.02 Å². The van der Waals surface area contributed by atoms with E-state index < -0.39 is 9.84 Å². The Morgan fingerprint density at radius 2 is 1.71 bits per heavy atom. The molecule has 0 N–H and O–H groups in total. The van der Waals surface area contributed by atoms with Crippen molar-refractivity contribution in [1.29, 1.82) is 5.26 Å². The Morgan fingerprint density at radius 1 is 1.12 bits per heavy atom. The van der Waals surface area contributed by atoms with Gasteiger partial charge in [0.15, 0.2) is 0 Å². The minimum atomic E-state index is -3.89. The van der Waals surface area contributed by atoms with Gasteiger partial charge in [-0.05, 0) is 61.9 Å². The third-order valence-electron chi connectivity index (χ3n) is 3.07. The second-order valence-corrected chi connectivity index (χ2v) is 7.67. The third-order valence-corrected chi connectivity index (χ3v) is 5.01. The summed E-state index contributed by atoms with van der Waals surface area (Å²) < 4.78 is 30.6. The lowest BCUT2D eigenvalue weighted by Crippen LogP contribution is -2.05. The predicted molar refractivity (Wildman–Crippen MR) is 94.4 cm³/mol. The number of sulfone groups is 1. The van der Waals surface area contributed by atoms with E-state index in [0.717, 1.165) is 0 Å². The normalized spacial score (nSPS) is 12.0. The van der Waals surface area contributed by atoms with Crippen LogP contribution >= 0.6 is 11.6 Å². The molecule has 0 radical (unpaired) electrons. The van der Waals surface area contributed by atoms with Gasteiger partial charge in [-0.3, -0.25) is 0 Å². The third kappa shape index (κ3) is 4.38. The maximum Gasteiger partial charge on any atom is 0.216 e. The van der Waals surface area contributed by atoms with Crippen LogP contribution in [-0.4, -0.2) is 14.5 Å². The zero-order valence-corrected chi connectivity index (χ0v) is 14.8. The Labute approximate surface area is 146 Å². The SMILES string of the molecule is CC(C)Oc1ccc(/C=C(/C#N)S(=O)(=O)c2ccc(Cl)cc2)cc1. The molecule has 0 saturated heterocycles. The molecule has 2 aromatic rings. The molecule has 0 saturated carbocycles. The van der Waals surface area contributed by atoms with Crippen molar-refractivity contribution in [2.45, 2.75) is 24.8 Å². The molecule has 0 aliphatic carbocycles. The molecular formula is C18H16ClNO3S. The summed E-state index contributed by atoms with van der Waals surface area (Å²) in [5, 5.41) is 9.69. The first kappa shape index (κ1) is 18.1. The molecule has 24 heavy (non-hydrogen) atoms. The largest absolute Gasteiger partial charge is 0.491 e. The lowest BCUT2D eigenvalue weighted by molar-refractivity contribution is 0.242. The number of rotatable bonds is 5. The van der Waals surface area contributed by atoms with Crippen molar-refractivity contribution in [3.05, 3.63) is 64.0 Å². The minimum Gasteiger partial charge on any atom is -0.491 e. The van der Waals surface area contributed by atoms with E-state index in [1.54, 1.807) is 30.3 Å². The van der Waals surface area contributed by atoms with Crippen molar-refractivity contribution in [1.82, 2.24) is 0 Å². The zero-order valence-electron chi connectivity index (χ0n) is 13.2. The topological polar surface area (TPSA) is 67.2 Å². The Hall–Kier alpha value is -2.29. The van der Waals surface area contributed by atoms with Crippen LogP contribution in [0.4, 0.5) is 0 Å².